The first-order chi connectivity index (χ1) is 16.2. The van der Waals surface area contributed by atoms with Gasteiger partial charge in [-0.15, -0.1) is 0 Å². The summed E-state index contributed by atoms with van der Waals surface area (Å²) in [6.45, 7) is 5.88. The zero-order valence-electron chi connectivity index (χ0n) is 19.8. The predicted molar refractivity (Wildman–Crippen MR) is 136 cm³/mol. The Morgan fingerprint density at radius 2 is 1.44 bits per heavy atom. The molecule has 3 aromatic rings. The molecule has 0 aliphatic rings. The lowest BCUT2D eigenvalue weighted by Crippen LogP contribution is -2.55. The molecule has 1 N–H and O–H groups in total. The first kappa shape index (κ1) is 25.3. The number of rotatable bonds is 9. The molecule has 3 aromatic carbocycles. The third-order valence-corrected chi connectivity index (χ3v) is 5.39. The molecule has 0 radical (unpaired) electrons. The van der Waals surface area contributed by atoms with Crippen molar-refractivity contribution in [2.75, 3.05) is 6.61 Å². The number of carbonyl (C=O) groups is 2. The molecule has 0 heterocycles. The van der Waals surface area contributed by atoms with E-state index in [4.69, 9.17) is 16.3 Å². The second kappa shape index (κ2) is 11.7. The molecule has 5 nitrogen and oxygen atoms in total. The molecule has 0 aliphatic heterocycles. The highest BCUT2D eigenvalue weighted by Gasteiger charge is 2.32. The van der Waals surface area contributed by atoms with Crippen molar-refractivity contribution in [2.45, 2.75) is 45.3 Å². The van der Waals surface area contributed by atoms with Gasteiger partial charge in [0, 0.05) is 23.5 Å². The number of hydrogen-bond donors (Lipinski definition) is 1. The average Bonchev–Trinajstić information content (AvgIpc) is 2.81. The summed E-state index contributed by atoms with van der Waals surface area (Å²) >= 11 is 5.95. The molecular formula is C28H31ClN2O3. The van der Waals surface area contributed by atoms with E-state index in [1.54, 1.807) is 29.2 Å². The van der Waals surface area contributed by atoms with Gasteiger partial charge in [-0.1, -0.05) is 72.3 Å². The van der Waals surface area contributed by atoms with Crippen LogP contribution in [0.2, 0.25) is 5.02 Å². The Bertz CT molecular complexity index is 1060. The van der Waals surface area contributed by atoms with E-state index in [-0.39, 0.29) is 18.4 Å². The third kappa shape index (κ3) is 7.92. The van der Waals surface area contributed by atoms with E-state index in [9.17, 15) is 9.59 Å². The van der Waals surface area contributed by atoms with E-state index in [1.165, 1.54) is 0 Å². The maximum atomic E-state index is 13.5. The molecule has 178 valence electrons. The van der Waals surface area contributed by atoms with Crippen molar-refractivity contribution in [3.63, 3.8) is 0 Å². The number of benzene rings is 3. The summed E-state index contributed by atoms with van der Waals surface area (Å²) in [7, 11) is 0. The Morgan fingerprint density at radius 1 is 0.882 bits per heavy atom. The van der Waals surface area contributed by atoms with Gasteiger partial charge >= 0.3 is 0 Å². The lowest BCUT2D eigenvalue weighted by Gasteiger charge is -2.33. The fourth-order valence-corrected chi connectivity index (χ4v) is 3.67. The van der Waals surface area contributed by atoms with Crippen LogP contribution in [0.3, 0.4) is 0 Å². The number of nitrogens with one attached hydrogen (secondary N) is 1. The van der Waals surface area contributed by atoms with Crippen molar-refractivity contribution >= 4 is 23.4 Å². The number of amides is 2. The molecule has 1 atom stereocenters. The monoisotopic (exact) mass is 478 g/mol. The van der Waals surface area contributed by atoms with Crippen LogP contribution in [0.25, 0.3) is 0 Å². The summed E-state index contributed by atoms with van der Waals surface area (Å²) in [4.78, 5) is 28.5. The minimum Gasteiger partial charge on any atom is -0.484 e. The zero-order valence-corrected chi connectivity index (χ0v) is 20.6. The van der Waals surface area contributed by atoms with Crippen LogP contribution in [0.5, 0.6) is 5.75 Å². The van der Waals surface area contributed by atoms with Gasteiger partial charge in [-0.05, 0) is 56.2 Å². The smallest absolute Gasteiger partial charge is 0.261 e. The molecular weight excluding hydrogens is 448 g/mol. The van der Waals surface area contributed by atoms with Crippen LogP contribution in [0.15, 0.2) is 84.9 Å². The Labute approximate surface area is 206 Å². The number of halogens is 1. The highest BCUT2D eigenvalue weighted by molar-refractivity contribution is 6.30. The molecule has 0 saturated carbocycles. The lowest BCUT2D eigenvalue weighted by atomic mass is 10.0. The minimum absolute atomic E-state index is 0.192. The molecule has 2 amide bonds. The van der Waals surface area contributed by atoms with Gasteiger partial charge < -0.3 is 15.0 Å². The van der Waals surface area contributed by atoms with Crippen molar-refractivity contribution in [2.24, 2.45) is 0 Å². The second-order valence-electron chi connectivity index (χ2n) is 9.19. The highest BCUT2D eigenvalue weighted by atomic mass is 35.5. The van der Waals surface area contributed by atoms with Crippen molar-refractivity contribution in [3.8, 4) is 5.75 Å². The van der Waals surface area contributed by atoms with Gasteiger partial charge in [0.15, 0.2) is 6.61 Å². The SMILES string of the molecule is CC(C)(C)NC(=O)[C@H](Cc1ccccc1)N(Cc1ccccc1)C(=O)COc1ccc(Cl)cc1. The van der Waals surface area contributed by atoms with Gasteiger partial charge in [0.2, 0.25) is 5.91 Å². The van der Waals surface area contributed by atoms with E-state index in [0.717, 1.165) is 11.1 Å². The van der Waals surface area contributed by atoms with Crippen LogP contribution in [0.4, 0.5) is 0 Å². The van der Waals surface area contributed by atoms with Crippen molar-refractivity contribution in [1.82, 2.24) is 10.2 Å². The summed E-state index contributed by atoms with van der Waals surface area (Å²) < 4.78 is 5.74. The molecule has 3 rings (SSSR count). The molecule has 0 unspecified atom stereocenters. The van der Waals surface area contributed by atoms with E-state index >= 15 is 0 Å². The first-order valence-electron chi connectivity index (χ1n) is 11.3. The summed E-state index contributed by atoms with van der Waals surface area (Å²) in [6.07, 6.45) is 0.391. The first-order valence-corrected chi connectivity index (χ1v) is 11.7. The van der Waals surface area contributed by atoms with E-state index in [2.05, 4.69) is 5.32 Å². The highest BCUT2D eigenvalue weighted by Crippen LogP contribution is 2.18. The third-order valence-electron chi connectivity index (χ3n) is 5.14. The topological polar surface area (TPSA) is 58.6 Å². The van der Waals surface area contributed by atoms with Gasteiger partial charge in [-0.2, -0.15) is 0 Å². The molecule has 6 heteroatoms. The molecule has 0 saturated heterocycles. The van der Waals surface area contributed by atoms with Crippen molar-refractivity contribution < 1.29 is 14.3 Å². The summed E-state index contributed by atoms with van der Waals surface area (Å²) in [6, 6.07) is 25.5. The van der Waals surface area contributed by atoms with Crippen LogP contribution in [-0.4, -0.2) is 34.9 Å². The molecule has 34 heavy (non-hydrogen) atoms. The molecule has 0 fully saturated rings. The quantitative estimate of drug-likeness (QED) is 0.455. The van der Waals surface area contributed by atoms with Crippen LogP contribution >= 0.6 is 11.6 Å². The molecule has 0 bridgehead atoms. The van der Waals surface area contributed by atoms with Gasteiger partial charge in [-0.25, -0.2) is 0 Å². The van der Waals surface area contributed by atoms with Gasteiger partial charge in [0.1, 0.15) is 11.8 Å². The fraction of sp³-hybridized carbons (Fsp3) is 0.286. The Kier molecular flexibility index (Phi) is 8.72. The molecule has 0 aliphatic carbocycles. The second-order valence-corrected chi connectivity index (χ2v) is 9.63. The minimum atomic E-state index is -0.705. The summed E-state index contributed by atoms with van der Waals surface area (Å²) in [5.41, 5.74) is 1.47. The van der Waals surface area contributed by atoms with E-state index < -0.39 is 11.6 Å². The summed E-state index contributed by atoms with van der Waals surface area (Å²) in [5.74, 6) is 0.0621. The number of carbonyl (C=O) groups excluding carboxylic acids is 2. The summed E-state index contributed by atoms with van der Waals surface area (Å²) in [5, 5.41) is 3.64. The lowest BCUT2D eigenvalue weighted by molar-refractivity contribution is -0.143. The Morgan fingerprint density at radius 3 is 2.00 bits per heavy atom. The van der Waals surface area contributed by atoms with Crippen LogP contribution in [-0.2, 0) is 22.6 Å². The Hall–Kier alpha value is -3.31. The fourth-order valence-electron chi connectivity index (χ4n) is 3.55. The molecule has 0 spiro atoms. The van der Waals surface area contributed by atoms with Crippen molar-refractivity contribution in [1.29, 1.82) is 0 Å². The zero-order chi connectivity index (χ0) is 24.6. The van der Waals surface area contributed by atoms with E-state index in [0.29, 0.717) is 23.7 Å². The van der Waals surface area contributed by atoms with Gasteiger partial charge in [0.05, 0.1) is 0 Å². The molecule has 0 aromatic heterocycles. The average molecular weight is 479 g/mol. The number of hydrogen-bond acceptors (Lipinski definition) is 3. The normalized spacial score (nSPS) is 12.0. The maximum absolute atomic E-state index is 13.5. The van der Waals surface area contributed by atoms with Crippen LogP contribution in [0, 0.1) is 0 Å². The predicted octanol–water partition coefficient (Wildman–Crippen LogP) is 5.27. The van der Waals surface area contributed by atoms with Gasteiger partial charge in [-0.3, -0.25) is 9.59 Å². The van der Waals surface area contributed by atoms with Gasteiger partial charge in [0.25, 0.3) is 5.91 Å². The Balaban J connectivity index is 1.89. The standard InChI is InChI=1S/C28H31ClN2O3/c1-28(2,3)30-27(33)25(18-21-10-6-4-7-11-21)31(19-22-12-8-5-9-13-22)26(32)20-34-24-16-14-23(29)15-17-24/h4-17,25H,18-20H2,1-3H3,(H,30,33)/t25-/m0/s1. The van der Waals surface area contributed by atoms with Crippen LogP contribution < -0.4 is 10.1 Å². The van der Waals surface area contributed by atoms with Crippen molar-refractivity contribution in [3.05, 3.63) is 101 Å². The number of nitrogens with zero attached hydrogens (tertiary/aromatic N) is 1. The van der Waals surface area contributed by atoms with Crippen LogP contribution in [0.1, 0.15) is 31.9 Å². The largest absolute Gasteiger partial charge is 0.484 e. The maximum Gasteiger partial charge on any atom is 0.261 e. The number of ether oxygens (including phenoxy) is 1. The van der Waals surface area contributed by atoms with E-state index in [1.807, 2.05) is 81.4 Å².